The summed E-state index contributed by atoms with van der Waals surface area (Å²) in [5, 5.41) is 8.17. The van der Waals surface area contributed by atoms with Gasteiger partial charge in [-0.2, -0.15) is 4.98 Å². The third-order valence-corrected chi connectivity index (χ3v) is 4.48. The largest absolute Gasteiger partial charge is 0.341 e. The molecule has 3 rings (SSSR count). The molecule has 0 amide bonds. The van der Waals surface area contributed by atoms with E-state index in [1.165, 1.54) is 12.7 Å². The number of nitrogens with two attached hydrogens (primary N) is 1. The average molecular weight is 348 g/mol. The molecular weight excluding hydrogens is 328 g/mol. The highest BCUT2D eigenvalue weighted by molar-refractivity contribution is 7.88. The van der Waals surface area contributed by atoms with Crippen LogP contribution >= 0.6 is 0 Å². The van der Waals surface area contributed by atoms with Crippen molar-refractivity contribution in [1.29, 1.82) is 0 Å². The molecule has 0 spiro atoms. The molecule has 0 saturated carbocycles. The molecule has 0 unspecified atom stereocenters. The lowest BCUT2D eigenvalue weighted by Crippen LogP contribution is -2.31. The van der Waals surface area contributed by atoms with E-state index < -0.39 is 10.0 Å². The van der Waals surface area contributed by atoms with Crippen LogP contribution in [-0.2, 0) is 15.8 Å². The summed E-state index contributed by atoms with van der Waals surface area (Å²) >= 11 is 0. The summed E-state index contributed by atoms with van der Waals surface area (Å²) in [6.45, 7) is 1.90. The molecule has 1 aliphatic heterocycles. The monoisotopic (exact) mass is 348 g/mol. The molecule has 2 heterocycles. The number of sulfonamides is 1. The van der Waals surface area contributed by atoms with E-state index in [4.69, 9.17) is 5.14 Å². The molecule has 0 bridgehead atoms. The minimum Gasteiger partial charge on any atom is -0.341 e. The molecule has 2 aromatic rings. The van der Waals surface area contributed by atoms with Gasteiger partial charge in [0.05, 0.1) is 5.75 Å². The number of rotatable bonds is 5. The summed E-state index contributed by atoms with van der Waals surface area (Å²) in [7, 11) is -3.56. The van der Waals surface area contributed by atoms with Gasteiger partial charge < -0.3 is 10.2 Å². The molecule has 24 heavy (non-hydrogen) atoms. The van der Waals surface area contributed by atoms with Crippen LogP contribution in [0.25, 0.3) is 0 Å². The van der Waals surface area contributed by atoms with Gasteiger partial charge >= 0.3 is 0 Å². The van der Waals surface area contributed by atoms with Crippen LogP contribution in [-0.4, -0.2) is 36.5 Å². The molecule has 3 N–H and O–H groups in total. The highest BCUT2D eigenvalue weighted by atomic mass is 32.2. The molecule has 1 aliphatic rings. The molecule has 1 aromatic carbocycles. The Morgan fingerprint density at radius 2 is 1.96 bits per heavy atom. The van der Waals surface area contributed by atoms with Crippen molar-refractivity contribution in [3.8, 4) is 0 Å². The molecule has 8 nitrogen and oxygen atoms in total. The number of anilines is 3. The highest BCUT2D eigenvalue weighted by Crippen LogP contribution is 2.19. The maximum Gasteiger partial charge on any atom is 0.231 e. The van der Waals surface area contributed by atoms with Gasteiger partial charge in [-0.15, -0.1) is 0 Å². The van der Waals surface area contributed by atoms with Gasteiger partial charge in [0.15, 0.2) is 0 Å². The molecule has 0 aliphatic carbocycles. The first-order chi connectivity index (χ1) is 11.5. The second-order valence-corrected chi connectivity index (χ2v) is 7.40. The van der Waals surface area contributed by atoms with Gasteiger partial charge in [-0.3, -0.25) is 0 Å². The number of nitrogens with one attached hydrogen (secondary N) is 1. The molecule has 1 fully saturated rings. The minimum atomic E-state index is -3.56. The Kier molecular flexibility index (Phi) is 4.91. The second kappa shape index (κ2) is 7.10. The standard InChI is InChI=1S/C15H20N6O2S/c16-24(22,23)10-12-5-4-6-13(9-12)19-14-17-11-18-15(20-14)21-7-2-1-3-8-21/h4-6,9,11H,1-3,7-8,10H2,(H2,16,22,23)(H,17,18,19,20). The Morgan fingerprint density at radius 1 is 1.17 bits per heavy atom. The first-order valence-corrected chi connectivity index (χ1v) is 9.51. The van der Waals surface area contributed by atoms with E-state index in [1.54, 1.807) is 18.2 Å². The van der Waals surface area contributed by atoms with Crippen molar-refractivity contribution >= 4 is 27.6 Å². The van der Waals surface area contributed by atoms with Crippen molar-refractivity contribution in [3.05, 3.63) is 36.2 Å². The first kappa shape index (κ1) is 16.6. The van der Waals surface area contributed by atoms with Crippen molar-refractivity contribution in [2.45, 2.75) is 25.0 Å². The summed E-state index contributed by atoms with van der Waals surface area (Å²) in [4.78, 5) is 15.0. The van der Waals surface area contributed by atoms with Gasteiger partial charge in [0.25, 0.3) is 0 Å². The maximum absolute atomic E-state index is 11.2. The zero-order valence-electron chi connectivity index (χ0n) is 13.2. The van der Waals surface area contributed by atoms with Gasteiger partial charge in [-0.25, -0.2) is 23.5 Å². The fourth-order valence-electron chi connectivity index (χ4n) is 2.69. The van der Waals surface area contributed by atoms with Crippen LogP contribution in [0.15, 0.2) is 30.6 Å². The quantitative estimate of drug-likeness (QED) is 0.839. The fraction of sp³-hybridized carbons (Fsp3) is 0.400. The van der Waals surface area contributed by atoms with Crippen LogP contribution < -0.4 is 15.4 Å². The Morgan fingerprint density at radius 3 is 2.71 bits per heavy atom. The predicted molar refractivity (Wildman–Crippen MR) is 92.4 cm³/mol. The van der Waals surface area contributed by atoms with E-state index in [1.807, 2.05) is 6.07 Å². The molecule has 0 atom stereocenters. The van der Waals surface area contributed by atoms with Crippen LogP contribution in [0.3, 0.4) is 0 Å². The van der Waals surface area contributed by atoms with E-state index in [0.29, 0.717) is 23.1 Å². The Bertz CT molecular complexity index is 805. The van der Waals surface area contributed by atoms with Gasteiger partial charge in [-0.1, -0.05) is 12.1 Å². The van der Waals surface area contributed by atoms with E-state index in [0.717, 1.165) is 25.9 Å². The number of nitrogens with zero attached hydrogens (tertiary/aromatic N) is 4. The normalized spacial score (nSPS) is 15.3. The van der Waals surface area contributed by atoms with Crippen molar-refractivity contribution in [1.82, 2.24) is 15.0 Å². The summed E-state index contributed by atoms with van der Waals surface area (Å²) in [6.07, 6.45) is 5.01. The topological polar surface area (TPSA) is 114 Å². The molecule has 0 radical (unpaired) electrons. The Balaban J connectivity index is 1.75. The summed E-state index contributed by atoms with van der Waals surface area (Å²) in [5.74, 6) is 0.880. The summed E-state index contributed by atoms with van der Waals surface area (Å²) in [6, 6.07) is 7.00. The molecule has 128 valence electrons. The van der Waals surface area contributed by atoms with Crippen LogP contribution in [0.5, 0.6) is 0 Å². The fourth-order valence-corrected chi connectivity index (χ4v) is 3.34. The summed E-state index contributed by atoms with van der Waals surface area (Å²) in [5.41, 5.74) is 1.31. The SMILES string of the molecule is NS(=O)(=O)Cc1cccc(Nc2ncnc(N3CCCCC3)n2)c1. The lowest BCUT2D eigenvalue weighted by atomic mass is 10.1. The molecule has 1 aromatic heterocycles. The summed E-state index contributed by atoms with van der Waals surface area (Å²) < 4.78 is 22.4. The van der Waals surface area contributed by atoms with Crippen molar-refractivity contribution in [3.63, 3.8) is 0 Å². The second-order valence-electron chi connectivity index (χ2n) is 5.79. The smallest absolute Gasteiger partial charge is 0.231 e. The molecule has 1 saturated heterocycles. The van der Waals surface area contributed by atoms with Gasteiger partial charge in [0, 0.05) is 18.8 Å². The van der Waals surface area contributed by atoms with Gasteiger partial charge in [0.2, 0.25) is 21.9 Å². The maximum atomic E-state index is 11.2. The number of primary sulfonamides is 1. The lowest BCUT2D eigenvalue weighted by Gasteiger charge is -2.26. The zero-order chi connectivity index (χ0) is 17.0. The van der Waals surface area contributed by atoms with Crippen LogP contribution in [0.2, 0.25) is 0 Å². The average Bonchev–Trinajstić information content (AvgIpc) is 2.55. The Labute approximate surface area is 141 Å². The van der Waals surface area contributed by atoms with E-state index in [-0.39, 0.29) is 5.75 Å². The minimum absolute atomic E-state index is 0.210. The molecular formula is C15H20N6O2S. The number of piperidine rings is 1. The lowest BCUT2D eigenvalue weighted by molar-refractivity contribution is 0.567. The van der Waals surface area contributed by atoms with Crippen molar-refractivity contribution in [2.24, 2.45) is 5.14 Å². The number of hydrogen-bond donors (Lipinski definition) is 2. The van der Waals surface area contributed by atoms with Crippen molar-refractivity contribution < 1.29 is 8.42 Å². The van der Waals surface area contributed by atoms with Crippen molar-refractivity contribution in [2.75, 3.05) is 23.3 Å². The zero-order valence-corrected chi connectivity index (χ0v) is 14.0. The predicted octanol–water partition coefficient (Wildman–Crippen LogP) is 1.39. The first-order valence-electron chi connectivity index (χ1n) is 7.80. The van der Waals surface area contributed by atoms with E-state index in [2.05, 4.69) is 25.2 Å². The van der Waals surface area contributed by atoms with E-state index >= 15 is 0 Å². The van der Waals surface area contributed by atoms with E-state index in [9.17, 15) is 8.42 Å². The highest BCUT2D eigenvalue weighted by Gasteiger charge is 2.14. The van der Waals surface area contributed by atoms with Crippen LogP contribution in [0.1, 0.15) is 24.8 Å². The van der Waals surface area contributed by atoms with Crippen LogP contribution in [0.4, 0.5) is 17.6 Å². The third kappa shape index (κ3) is 4.62. The van der Waals surface area contributed by atoms with Crippen LogP contribution in [0, 0.1) is 0 Å². The number of aromatic nitrogens is 3. The Hall–Kier alpha value is -2.26. The van der Waals surface area contributed by atoms with Gasteiger partial charge in [-0.05, 0) is 37.0 Å². The molecule has 9 heteroatoms. The third-order valence-electron chi connectivity index (χ3n) is 3.75. The number of benzene rings is 1. The number of hydrogen-bond acceptors (Lipinski definition) is 7. The van der Waals surface area contributed by atoms with Gasteiger partial charge in [0.1, 0.15) is 6.33 Å².